The summed E-state index contributed by atoms with van der Waals surface area (Å²) in [5, 5.41) is 5.87. The van der Waals surface area contributed by atoms with Crippen molar-refractivity contribution >= 4 is 34.8 Å². The van der Waals surface area contributed by atoms with Crippen LogP contribution in [0, 0.1) is 0 Å². The molecule has 0 aliphatic heterocycles. The van der Waals surface area contributed by atoms with E-state index in [1.807, 2.05) is 18.2 Å². The molecule has 1 heterocycles. The Labute approximate surface area is 156 Å². The fourth-order valence-electron chi connectivity index (χ4n) is 2.56. The Hall–Kier alpha value is -3.74. The van der Waals surface area contributed by atoms with Crippen LogP contribution >= 0.6 is 0 Å². The van der Waals surface area contributed by atoms with Gasteiger partial charge in [0.15, 0.2) is 5.78 Å². The molecular weight excluding hydrogens is 342 g/mol. The molecule has 0 atom stereocenters. The number of hydrogen-bond acceptors (Lipinski definition) is 6. The molecule has 0 aliphatic carbocycles. The average Bonchev–Trinajstić information content (AvgIpc) is 2.62. The van der Waals surface area contributed by atoms with Gasteiger partial charge in [0.2, 0.25) is 11.9 Å². The third-order valence-electron chi connectivity index (χ3n) is 3.79. The molecule has 7 nitrogen and oxygen atoms in total. The second-order valence-electron chi connectivity index (χ2n) is 6.02. The second-order valence-corrected chi connectivity index (χ2v) is 6.02. The highest BCUT2D eigenvalue weighted by Gasteiger charge is 2.08. The molecule has 0 unspecified atom stereocenters. The van der Waals surface area contributed by atoms with Crippen molar-refractivity contribution in [2.45, 2.75) is 13.8 Å². The van der Waals surface area contributed by atoms with Crippen LogP contribution in [0.1, 0.15) is 24.2 Å². The first-order valence-electron chi connectivity index (χ1n) is 8.31. The summed E-state index contributed by atoms with van der Waals surface area (Å²) in [6, 6.07) is 16.2. The number of rotatable bonds is 5. The van der Waals surface area contributed by atoms with Crippen LogP contribution in [0.4, 0.5) is 23.1 Å². The molecule has 1 amide bonds. The minimum atomic E-state index is -0.128. The van der Waals surface area contributed by atoms with E-state index < -0.39 is 0 Å². The Kier molecular flexibility index (Phi) is 5.12. The zero-order valence-electron chi connectivity index (χ0n) is 15.0. The molecule has 0 spiro atoms. The van der Waals surface area contributed by atoms with Gasteiger partial charge in [-0.15, -0.1) is 0 Å². The summed E-state index contributed by atoms with van der Waals surface area (Å²) in [4.78, 5) is 31.2. The number of benzene rings is 2. The van der Waals surface area contributed by atoms with Crippen molar-refractivity contribution in [3.63, 3.8) is 0 Å². The molecule has 0 aliphatic rings. The van der Waals surface area contributed by atoms with E-state index in [0.29, 0.717) is 22.8 Å². The van der Waals surface area contributed by atoms with Crippen molar-refractivity contribution in [3.05, 3.63) is 60.2 Å². The molecular formula is C20H19N5O2. The van der Waals surface area contributed by atoms with Crippen LogP contribution in [0.5, 0.6) is 0 Å². The lowest BCUT2D eigenvalue weighted by molar-refractivity contribution is -0.114. The third-order valence-corrected chi connectivity index (χ3v) is 3.79. The monoisotopic (exact) mass is 361 g/mol. The Morgan fingerprint density at radius 1 is 0.926 bits per heavy atom. The molecule has 4 N–H and O–H groups in total. The SMILES string of the molecule is CC(=O)Nc1ccc(Nc2cc(-c3cccc(C(C)=O)c3)nc(N)n2)cc1. The van der Waals surface area contributed by atoms with E-state index in [-0.39, 0.29) is 17.6 Å². The van der Waals surface area contributed by atoms with Crippen molar-refractivity contribution < 1.29 is 9.59 Å². The number of anilines is 4. The predicted octanol–water partition coefficient (Wildman–Crippen LogP) is 3.63. The van der Waals surface area contributed by atoms with Crippen LogP contribution in [-0.2, 0) is 4.79 Å². The quantitative estimate of drug-likeness (QED) is 0.599. The summed E-state index contributed by atoms with van der Waals surface area (Å²) < 4.78 is 0. The Balaban J connectivity index is 1.86. The molecule has 0 bridgehead atoms. The number of carbonyl (C=O) groups is 2. The number of carbonyl (C=O) groups excluding carboxylic acids is 2. The lowest BCUT2D eigenvalue weighted by Gasteiger charge is -2.10. The van der Waals surface area contributed by atoms with Gasteiger partial charge in [-0.1, -0.05) is 18.2 Å². The number of Topliss-reactive ketones (excluding diaryl/α,β-unsaturated/α-hetero) is 1. The van der Waals surface area contributed by atoms with Crippen molar-refractivity contribution in [2.75, 3.05) is 16.4 Å². The van der Waals surface area contributed by atoms with Gasteiger partial charge in [0.25, 0.3) is 0 Å². The van der Waals surface area contributed by atoms with Gasteiger partial charge in [0.05, 0.1) is 5.69 Å². The number of aromatic nitrogens is 2. The highest BCUT2D eigenvalue weighted by atomic mass is 16.1. The number of nitrogen functional groups attached to an aromatic ring is 1. The highest BCUT2D eigenvalue weighted by Crippen LogP contribution is 2.24. The smallest absolute Gasteiger partial charge is 0.222 e. The largest absolute Gasteiger partial charge is 0.368 e. The zero-order valence-corrected chi connectivity index (χ0v) is 15.0. The van der Waals surface area contributed by atoms with Crippen molar-refractivity contribution in [3.8, 4) is 11.3 Å². The second kappa shape index (κ2) is 7.65. The first kappa shape index (κ1) is 18.1. The minimum absolute atomic E-state index is 0.0171. The van der Waals surface area contributed by atoms with Gasteiger partial charge in [0.1, 0.15) is 5.82 Å². The molecule has 2 aromatic carbocycles. The van der Waals surface area contributed by atoms with Gasteiger partial charge in [-0.3, -0.25) is 9.59 Å². The van der Waals surface area contributed by atoms with E-state index in [4.69, 9.17) is 5.73 Å². The van der Waals surface area contributed by atoms with Crippen LogP contribution in [0.3, 0.4) is 0 Å². The Morgan fingerprint density at radius 3 is 2.30 bits per heavy atom. The average molecular weight is 361 g/mol. The molecule has 0 saturated heterocycles. The van der Waals surface area contributed by atoms with E-state index in [0.717, 1.165) is 11.3 Å². The molecule has 0 fully saturated rings. The molecule has 3 aromatic rings. The fourth-order valence-corrected chi connectivity index (χ4v) is 2.56. The topological polar surface area (TPSA) is 110 Å². The molecule has 27 heavy (non-hydrogen) atoms. The van der Waals surface area contributed by atoms with E-state index in [2.05, 4.69) is 20.6 Å². The molecule has 1 aromatic heterocycles. The van der Waals surface area contributed by atoms with Gasteiger partial charge >= 0.3 is 0 Å². The van der Waals surface area contributed by atoms with E-state index in [1.54, 1.807) is 36.4 Å². The van der Waals surface area contributed by atoms with Gasteiger partial charge in [-0.05, 0) is 37.3 Å². The minimum Gasteiger partial charge on any atom is -0.368 e. The maximum Gasteiger partial charge on any atom is 0.222 e. The summed E-state index contributed by atoms with van der Waals surface area (Å²) in [5.74, 6) is 0.504. The summed E-state index contributed by atoms with van der Waals surface area (Å²) in [5.41, 5.74) is 9.34. The normalized spacial score (nSPS) is 10.3. The summed E-state index contributed by atoms with van der Waals surface area (Å²) in [6.45, 7) is 2.98. The third kappa shape index (κ3) is 4.66. The molecule has 136 valence electrons. The van der Waals surface area contributed by atoms with Crippen LogP contribution in [0.15, 0.2) is 54.6 Å². The van der Waals surface area contributed by atoms with Crippen molar-refractivity contribution in [2.24, 2.45) is 0 Å². The van der Waals surface area contributed by atoms with Crippen molar-refractivity contribution in [1.82, 2.24) is 9.97 Å². The molecule has 0 saturated carbocycles. The van der Waals surface area contributed by atoms with E-state index >= 15 is 0 Å². The van der Waals surface area contributed by atoms with Gasteiger partial charge in [-0.2, -0.15) is 4.98 Å². The number of ketones is 1. The van der Waals surface area contributed by atoms with Gasteiger partial charge < -0.3 is 16.4 Å². The molecule has 0 radical (unpaired) electrons. The van der Waals surface area contributed by atoms with Gasteiger partial charge in [-0.25, -0.2) is 4.98 Å². The number of nitrogens with zero attached hydrogens (tertiary/aromatic N) is 2. The summed E-state index contributed by atoms with van der Waals surface area (Å²) >= 11 is 0. The molecule has 3 rings (SSSR count). The number of hydrogen-bond donors (Lipinski definition) is 3. The number of nitrogens with two attached hydrogens (primary N) is 1. The number of amides is 1. The van der Waals surface area contributed by atoms with Crippen LogP contribution in [0.2, 0.25) is 0 Å². The maximum atomic E-state index is 11.6. The first-order chi connectivity index (χ1) is 12.9. The lowest BCUT2D eigenvalue weighted by atomic mass is 10.1. The Bertz CT molecular complexity index is 1000. The summed E-state index contributed by atoms with van der Waals surface area (Å²) in [7, 11) is 0. The zero-order chi connectivity index (χ0) is 19.4. The predicted molar refractivity (Wildman–Crippen MR) is 106 cm³/mol. The fraction of sp³-hybridized carbons (Fsp3) is 0.100. The number of nitrogens with one attached hydrogen (secondary N) is 2. The van der Waals surface area contributed by atoms with Crippen LogP contribution < -0.4 is 16.4 Å². The van der Waals surface area contributed by atoms with E-state index in [1.165, 1.54) is 13.8 Å². The van der Waals surface area contributed by atoms with Crippen LogP contribution in [0.25, 0.3) is 11.3 Å². The first-order valence-corrected chi connectivity index (χ1v) is 8.31. The maximum absolute atomic E-state index is 11.6. The van der Waals surface area contributed by atoms with Gasteiger partial charge in [0, 0.05) is 35.5 Å². The standard InChI is InChI=1S/C20H19N5O2/c1-12(26)14-4-3-5-15(10-14)18-11-19(25-20(21)24-18)23-17-8-6-16(7-9-17)22-13(2)27/h3-11H,1-2H3,(H,22,27)(H3,21,23,24,25). The highest BCUT2D eigenvalue weighted by molar-refractivity contribution is 5.95. The molecule has 7 heteroatoms. The van der Waals surface area contributed by atoms with E-state index in [9.17, 15) is 9.59 Å². The lowest BCUT2D eigenvalue weighted by Crippen LogP contribution is -2.05. The van der Waals surface area contributed by atoms with Crippen molar-refractivity contribution in [1.29, 1.82) is 0 Å². The summed E-state index contributed by atoms with van der Waals surface area (Å²) in [6.07, 6.45) is 0. The Morgan fingerprint density at radius 2 is 1.63 bits per heavy atom. The van der Waals surface area contributed by atoms with Crippen LogP contribution in [-0.4, -0.2) is 21.7 Å².